The second-order valence-electron chi connectivity index (χ2n) is 4.54. The van der Waals surface area contributed by atoms with Crippen LogP contribution in [0.25, 0.3) is 0 Å². The van der Waals surface area contributed by atoms with Gasteiger partial charge >= 0.3 is 0 Å². The smallest absolute Gasteiger partial charge is 0.176 e. The van der Waals surface area contributed by atoms with Gasteiger partial charge < -0.3 is 4.84 Å². The van der Waals surface area contributed by atoms with Crippen molar-refractivity contribution >= 4 is 17.3 Å². The van der Waals surface area contributed by atoms with E-state index in [0.717, 1.165) is 11.3 Å². The molecule has 3 nitrogen and oxygen atoms in total. The van der Waals surface area contributed by atoms with Crippen molar-refractivity contribution in [2.45, 2.75) is 0 Å². The summed E-state index contributed by atoms with van der Waals surface area (Å²) >= 11 is 6.09. The minimum Gasteiger partial charge on any atom is -0.355 e. The Morgan fingerprint density at radius 2 is 1.59 bits per heavy atom. The van der Waals surface area contributed by atoms with Crippen LogP contribution in [0, 0.1) is 0 Å². The topological polar surface area (TPSA) is 34.5 Å². The maximum absolute atomic E-state index is 6.09. The van der Waals surface area contributed by atoms with Crippen molar-refractivity contribution in [1.29, 1.82) is 0 Å². The number of oxime groups is 1. The van der Waals surface area contributed by atoms with Crippen LogP contribution in [-0.2, 0) is 0 Å². The Hall–Kier alpha value is -2.65. The van der Waals surface area contributed by atoms with E-state index >= 15 is 0 Å². The summed E-state index contributed by atoms with van der Waals surface area (Å²) in [6.07, 6.45) is 1.73. The van der Waals surface area contributed by atoms with Crippen LogP contribution in [0.15, 0.2) is 84.1 Å². The molecule has 3 rings (SSSR count). The maximum Gasteiger partial charge on any atom is 0.176 e. The summed E-state index contributed by atoms with van der Waals surface area (Å²) in [7, 11) is 0. The summed E-state index contributed by atoms with van der Waals surface area (Å²) in [6.45, 7) is 0. The summed E-state index contributed by atoms with van der Waals surface area (Å²) < 4.78 is 0. The summed E-state index contributed by atoms with van der Waals surface area (Å²) in [6, 6.07) is 22.7. The normalized spacial score (nSPS) is 11.2. The van der Waals surface area contributed by atoms with Crippen LogP contribution in [-0.4, -0.2) is 10.7 Å². The Morgan fingerprint density at radius 3 is 2.32 bits per heavy atom. The Bertz CT molecular complexity index is 732. The van der Waals surface area contributed by atoms with E-state index in [-0.39, 0.29) is 0 Å². The third kappa shape index (κ3) is 3.32. The number of nitrogens with zero attached hydrogens (tertiary/aromatic N) is 2. The monoisotopic (exact) mass is 308 g/mol. The summed E-state index contributed by atoms with van der Waals surface area (Å²) in [4.78, 5) is 9.87. The van der Waals surface area contributed by atoms with E-state index < -0.39 is 0 Å². The molecule has 0 spiro atoms. The number of rotatable bonds is 4. The predicted molar refractivity (Wildman–Crippen MR) is 88.4 cm³/mol. The molecule has 1 aromatic heterocycles. The van der Waals surface area contributed by atoms with Gasteiger partial charge in [0.25, 0.3) is 0 Å². The van der Waals surface area contributed by atoms with Gasteiger partial charge in [-0.1, -0.05) is 65.3 Å². The zero-order valence-electron chi connectivity index (χ0n) is 11.7. The molecule has 2 aromatic carbocycles. The SMILES string of the molecule is Clc1ccccc1O/N=C(\c1ccccc1)c1ccccn1. The Morgan fingerprint density at radius 1 is 0.864 bits per heavy atom. The Balaban J connectivity index is 1.99. The molecule has 4 heteroatoms. The van der Waals surface area contributed by atoms with Gasteiger partial charge in [-0.2, -0.15) is 0 Å². The number of halogens is 1. The molecule has 0 N–H and O–H groups in total. The highest BCUT2D eigenvalue weighted by Crippen LogP contribution is 2.23. The second kappa shape index (κ2) is 6.87. The van der Waals surface area contributed by atoms with Crippen LogP contribution in [0.1, 0.15) is 11.3 Å². The van der Waals surface area contributed by atoms with Crippen molar-refractivity contribution < 1.29 is 4.84 Å². The van der Waals surface area contributed by atoms with Gasteiger partial charge in [0, 0.05) is 11.8 Å². The van der Waals surface area contributed by atoms with E-state index in [1.54, 1.807) is 18.3 Å². The highest BCUT2D eigenvalue weighted by atomic mass is 35.5. The number of benzene rings is 2. The molecular formula is C18H13ClN2O. The van der Waals surface area contributed by atoms with Crippen molar-refractivity contribution in [1.82, 2.24) is 4.98 Å². The average Bonchev–Trinajstić information content (AvgIpc) is 2.59. The third-order valence-electron chi connectivity index (χ3n) is 3.03. The molecule has 0 amide bonds. The molecule has 0 saturated carbocycles. The molecule has 0 aliphatic rings. The zero-order valence-corrected chi connectivity index (χ0v) is 12.4. The predicted octanol–water partition coefficient (Wildman–Crippen LogP) is 4.57. The standard InChI is InChI=1S/C18H13ClN2O/c19-15-10-4-5-12-17(15)22-21-18(14-8-2-1-3-9-14)16-11-6-7-13-20-16/h1-13H/b21-18+. The lowest BCUT2D eigenvalue weighted by atomic mass is 10.1. The fraction of sp³-hybridized carbons (Fsp3) is 0. The molecule has 0 unspecified atom stereocenters. The van der Waals surface area contributed by atoms with E-state index in [1.165, 1.54) is 0 Å². The third-order valence-corrected chi connectivity index (χ3v) is 3.34. The first-order chi connectivity index (χ1) is 10.8. The quantitative estimate of drug-likeness (QED) is 0.523. The van der Waals surface area contributed by atoms with E-state index in [9.17, 15) is 0 Å². The highest BCUT2D eigenvalue weighted by Gasteiger charge is 2.09. The lowest BCUT2D eigenvalue weighted by Gasteiger charge is -2.07. The van der Waals surface area contributed by atoms with Gasteiger partial charge in [0.1, 0.15) is 5.71 Å². The minimum atomic E-state index is 0.508. The zero-order chi connectivity index (χ0) is 15.2. The van der Waals surface area contributed by atoms with Gasteiger partial charge in [0.15, 0.2) is 5.75 Å². The lowest BCUT2D eigenvalue weighted by molar-refractivity contribution is 0.342. The van der Waals surface area contributed by atoms with Gasteiger partial charge in [-0.25, -0.2) is 0 Å². The van der Waals surface area contributed by atoms with Crippen LogP contribution in [0.4, 0.5) is 0 Å². The summed E-state index contributed by atoms with van der Waals surface area (Å²) in [5.41, 5.74) is 2.31. The van der Waals surface area contributed by atoms with E-state index in [2.05, 4.69) is 10.1 Å². The van der Waals surface area contributed by atoms with E-state index in [4.69, 9.17) is 16.4 Å². The number of para-hydroxylation sites is 1. The number of hydrogen-bond donors (Lipinski definition) is 0. The van der Waals surface area contributed by atoms with Crippen molar-refractivity contribution in [2.24, 2.45) is 5.16 Å². The van der Waals surface area contributed by atoms with Crippen molar-refractivity contribution in [3.63, 3.8) is 0 Å². The Labute approximate surface area is 133 Å². The second-order valence-corrected chi connectivity index (χ2v) is 4.95. The molecule has 108 valence electrons. The molecule has 0 radical (unpaired) electrons. The summed E-state index contributed by atoms with van der Waals surface area (Å²) in [5, 5.41) is 4.78. The maximum atomic E-state index is 6.09. The van der Waals surface area contributed by atoms with Crippen LogP contribution in [0.5, 0.6) is 5.75 Å². The van der Waals surface area contributed by atoms with Crippen molar-refractivity contribution in [3.05, 3.63) is 95.3 Å². The van der Waals surface area contributed by atoms with Gasteiger partial charge in [-0.3, -0.25) is 4.98 Å². The van der Waals surface area contributed by atoms with Crippen molar-refractivity contribution in [2.75, 3.05) is 0 Å². The van der Waals surface area contributed by atoms with Crippen molar-refractivity contribution in [3.8, 4) is 5.75 Å². The van der Waals surface area contributed by atoms with Crippen LogP contribution in [0.3, 0.4) is 0 Å². The first kappa shape index (κ1) is 14.3. The fourth-order valence-electron chi connectivity index (χ4n) is 1.96. The number of aromatic nitrogens is 1. The molecule has 0 aliphatic heterocycles. The van der Waals surface area contributed by atoms with E-state index in [0.29, 0.717) is 16.5 Å². The van der Waals surface area contributed by atoms with Crippen LogP contribution >= 0.6 is 11.6 Å². The first-order valence-electron chi connectivity index (χ1n) is 6.81. The van der Waals surface area contributed by atoms with Crippen LogP contribution < -0.4 is 4.84 Å². The molecule has 22 heavy (non-hydrogen) atoms. The lowest BCUT2D eigenvalue weighted by Crippen LogP contribution is -2.07. The first-order valence-corrected chi connectivity index (χ1v) is 7.19. The highest BCUT2D eigenvalue weighted by molar-refractivity contribution is 6.32. The molecule has 0 aliphatic carbocycles. The van der Waals surface area contributed by atoms with Gasteiger partial charge in [-0.15, -0.1) is 0 Å². The molecule has 0 atom stereocenters. The van der Waals surface area contributed by atoms with Gasteiger partial charge in [0.05, 0.1) is 10.7 Å². The fourth-order valence-corrected chi connectivity index (χ4v) is 2.13. The van der Waals surface area contributed by atoms with Gasteiger partial charge in [-0.05, 0) is 24.3 Å². The largest absolute Gasteiger partial charge is 0.355 e. The minimum absolute atomic E-state index is 0.508. The Kier molecular flexibility index (Phi) is 4.47. The summed E-state index contributed by atoms with van der Waals surface area (Å²) in [5.74, 6) is 0.508. The molecule has 0 saturated heterocycles. The average molecular weight is 309 g/mol. The molecular weight excluding hydrogens is 296 g/mol. The molecule has 1 heterocycles. The number of pyridine rings is 1. The van der Waals surface area contributed by atoms with E-state index in [1.807, 2.05) is 60.7 Å². The molecule has 3 aromatic rings. The van der Waals surface area contributed by atoms with Crippen LogP contribution in [0.2, 0.25) is 5.02 Å². The molecule has 0 fully saturated rings. The molecule has 0 bridgehead atoms. The number of hydrogen-bond acceptors (Lipinski definition) is 3. The van der Waals surface area contributed by atoms with Gasteiger partial charge in [0.2, 0.25) is 0 Å².